The third kappa shape index (κ3) is 1.46. The number of aryl methyl sites for hydroxylation is 1. The van der Waals surface area contributed by atoms with Gasteiger partial charge in [-0.2, -0.15) is 0 Å². The second-order valence-corrected chi connectivity index (χ2v) is 4.50. The van der Waals surface area contributed by atoms with Crippen LogP contribution in [0.5, 0.6) is 0 Å². The van der Waals surface area contributed by atoms with Crippen molar-refractivity contribution in [1.82, 2.24) is 5.16 Å². The van der Waals surface area contributed by atoms with E-state index in [0.29, 0.717) is 0 Å². The molecule has 0 spiro atoms. The quantitative estimate of drug-likeness (QED) is 0.789. The second kappa shape index (κ2) is 3.49. The van der Waals surface area contributed by atoms with E-state index in [9.17, 15) is 0 Å². The molecular formula is C12H15N3O. The summed E-state index contributed by atoms with van der Waals surface area (Å²) in [5.74, 6) is 0.937. The van der Waals surface area contributed by atoms with Crippen molar-refractivity contribution in [2.75, 3.05) is 18.0 Å². The molecule has 1 unspecified atom stereocenters. The van der Waals surface area contributed by atoms with Gasteiger partial charge in [0.15, 0.2) is 11.4 Å². The monoisotopic (exact) mass is 217 g/mol. The molecule has 16 heavy (non-hydrogen) atoms. The number of nitrogens with two attached hydrogens (primary N) is 1. The minimum Gasteiger partial charge on any atom is -0.354 e. The Hall–Kier alpha value is -1.55. The van der Waals surface area contributed by atoms with Gasteiger partial charge in [0.2, 0.25) is 0 Å². The lowest BCUT2D eigenvalue weighted by atomic mass is 10.2. The molecule has 0 bridgehead atoms. The summed E-state index contributed by atoms with van der Waals surface area (Å²) in [7, 11) is 0. The fraction of sp³-hybridized carbons (Fsp3) is 0.417. The summed E-state index contributed by atoms with van der Waals surface area (Å²) in [5.41, 5.74) is 7.98. The van der Waals surface area contributed by atoms with Gasteiger partial charge in [-0.25, -0.2) is 0 Å². The lowest BCUT2D eigenvalue weighted by Crippen LogP contribution is -2.26. The Bertz CT molecular complexity index is 520. The molecule has 1 fully saturated rings. The summed E-state index contributed by atoms with van der Waals surface area (Å²) < 4.78 is 5.32. The predicted octanol–water partition coefficient (Wildman–Crippen LogP) is 1.67. The molecule has 0 aliphatic carbocycles. The summed E-state index contributed by atoms with van der Waals surface area (Å²) in [5, 5.41) is 5.24. The molecule has 2 aromatic rings. The first kappa shape index (κ1) is 9.66. The van der Waals surface area contributed by atoms with Gasteiger partial charge < -0.3 is 15.2 Å². The molecule has 0 radical (unpaired) electrons. The molecule has 0 amide bonds. The lowest BCUT2D eigenvalue weighted by molar-refractivity contribution is 0.456. The normalized spacial score (nSPS) is 20.9. The van der Waals surface area contributed by atoms with Crippen LogP contribution < -0.4 is 10.6 Å². The minimum absolute atomic E-state index is 0.261. The van der Waals surface area contributed by atoms with Crippen molar-refractivity contribution < 1.29 is 4.52 Å². The van der Waals surface area contributed by atoms with Crippen LogP contribution in [0.25, 0.3) is 11.0 Å². The third-order valence-corrected chi connectivity index (χ3v) is 3.13. The molecule has 1 aliphatic heterocycles. The van der Waals surface area contributed by atoms with Crippen LogP contribution in [0.15, 0.2) is 22.7 Å². The fourth-order valence-corrected chi connectivity index (χ4v) is 2.25. The summed E-state index contributed by atoms with van der Waals surface area (Å²) >= 11 is 0. The lowest BCUT2D eigenvalue weighted by Gasteiger charge is -2.13. The number of anilines is 1. The largest absolute Gasteiger partial charge is 0.354 e. The van der Waals surface area contributed by atoms with Gasteiger partial charge in [0.05, 0.1) is 5.39 Å². The van der Waals surface area contributed by atoms with Gasteiger partial charge in [-0.1, -0.05) is 16.8 Å². The van der Waals surface area contributed by atoms with Crippen LogP contribution in [-0.2, 0) is 0 Å². The van der Waals surface area contributed by atoms with Gasteiger partial charge in [-0.05, 0) is 25.5 Å². The number of hydrogen-bond acceptors (Lipinski definition) is 4. The molecule has 1 atom stereocenters. The maximum atomic E-state index is 5.91. The van der Waals surface area contributed by atoms with Crippen LogP contribution in [0.3, 0.4) is 0 Å². The van der Waals surface area contributed by atoms with Crippen LogP contribution in [0.2, 0.25) is 0 Å². The van der Waals surface area contributed by atoms with Crippen molar-refractivity contribution in [1.29, 1.82) is 0 Å². The Morgan fingerprint density at radius 2 is 2.38 bits per heavy atom. The highest BCUT2D eigenvalue weighted by molar-refractivity contribution is 5.89. The Morgan fingerprint density at radius 3 is 3.12 bits per heavy atom. The molecule has 2 N–H and O–H groups in total. The van der Waals surface area contributed by atoms with Crippen molar-refractivity contribution in [2.24, 2.45) is 5.73 Å². The van der Waals surface area contributed by atoms with Gasteiger partial charge in [0, 0.05) is 19.1 Å². The van der Waals surface area contributed by atoms with Crippen LogP contribution in [0.4, 0.5) is 5.82 Å². The topological polar surface area (TPSA) is 55.3 Å². The van der Waals surface area contributed by atoms with E-state index >= 15 is 0 Å². The van der Waals surface area contributed by atoms with Crippen LogP contribution in [0, 0.1) is 6.92 Å². The minimum atomic E-state index is 0.261. The van der Waals surface area contributed by atoms with Gasteiger partial charge in [-0.3, -0.25) is 0 Å². The zero-order valence-corrected chi connectivity index (χ0v) is 9.31. The Balaban J connectivity index is 2.06. The molecule has 84 valence electrons. The van der Waals surface area contributed by atoms with E-state index in [1.165, 1.54) is 5.56 Å². The van der Waals surface area contributed by atoms with Crippen molar-refractivity contribution in [3.8, 4) is 0 Å². The highest BCUT2D eigenvalue weighted by Gasteiger charge is 2.23. The van der Waals surface area contributed by atoms with Crippen molar-refractivity contribution in [3.05, 3.63) is 23.8 Å². The second-order valence-electron chi connectivity index (χ2n) is 4.50. The highest BCUT2D eigenvalue weighted by Crippen LogP contribution is 2.28. The van der Waals surface area contributed by atoms with Gasteiger partial charge in [0.25, 0.3) is 0 Å². The number of aromatic nitrogens is 1. The molecule has 1 saturated heterocycles. The molecule has 1 aromatic heterocycles. The molecule has 0 saturated carbocycles. The van der Waals surface area contributed by atoms with E-state index in [2.05, 4.69) is 23.0 Å². The maximum Gasteiger partial charge on any atom is 0.180 e. The zero-order valence-electron chi connectivity index (χ0n) is 9.31. The van der Waals surface area contributed by atoms with Gasteiger partial charge >= 0.3 is 0 Å². The van der Waals surface area contributed by atoms with E-state index in [1.807, 2.05) is 12.1 Å². The number of rotatable bonds is 1. The average Bonchev–Trinajstić information content (AvgIpc) is 2.83. The van der Waals surface area contributed by atoms with Crippen molar-refractivity contribution >= 4 is 16.8 Å². The Labute approximate surface area is 94.0 Å². The highest BCUT2D eigenvalue weighted by atomic mass is 16.5. The molecule has 4 heteroatoms. The molecule has 4 nitrogen and oxygen atoms in total. The first-order valence-electron chi connectivity index (χ1n) is 5.60. The molecule has 2 heterocycles. The number of fused-ring (bicyclic) bond motifs is 1. The standard InChI is InChI=1S/C12H15N3O/c1-8-2-3-11-10(6-8)12(14-16-11)15-5-4-9(13)7-15/h2-3,6,9H,4-5,7,13H2,1H3. The molecule has 3 rings (SSSR count). The number of hydrogen-bond donors (Lipinski definition) is 1. The summed E-state index contributed by atoms with van der Waals surface area (Å²) in [6.07, 6.45) is 1.03. The number of nitrogens with zero attached hydrogens (tertiary/aromatic N) is 2. The van der Waals surface area contributed by atoms with E-state index in [4.69, 9.17) is 10.3 Å². The van der Waals surface area contributed by atoms with E-state index in [-0.39, 0.29) is 6.04 Å². The van der Waals surface area contributed by atoms with Crippen LogP contribution in [0.1, 0.15) is 12.0 Å². The maximum absolute atomic E-state index is 5.91. The molecule has 1 aromatic carbocycles. The molecular weight excluding hydrogens is 202 g/mol. The average molecular weight is 217 g/mol. The SMILES string of the molecule is Cc1ccc2onc(N3CCC(N)C3)c2c1. The fourth-order valence-electron chi connectivity index (χ4n) is 2.25. The van der Waals surface area contributed by atoms with Crippen LogP contribution in [-0.4, -0.2) is 24.3 Å². The van der Waals surface area contributed by atoms with Gasteiger partial charge in [0.1, 0.15) is 0 Å². The van der Waals surface area contributed by atoms with Crippen molar-refractivity contribution in [3.63, 3.8) is 0 Å². The van der Waals surface area contributed by atoms with Gasteiger partial charge in [-0.15, -0.1) is 0 Å². The predicted molar refractivity (Wildman–Crippen MR) is 63.6 cm³/mol. The van der Waals surface area contributed by atoms with Crippen molar-refractivity contribution in [2.45, 2.75) is 19.4 Å². The number of benzene rings is 1. The molecule has 1 aliphatic rings. The Morgan fingerprint density at radius 1 is 1.50 bits per heavy atom. The zero-order chi connectivity index (χ0) is 11.1. The first-order chi connectivity index (χ1) is 7.74. The van der Waals surface area contributed by atoms with E-state index in [1.54, 1.807) is 0 Å². The third-order valence-electron chi connectivity index (χ3n) is 3.13. The first-order valence-corrected chi connectivity index (χ1v) is 5.60. The smallest absolute Gasteiger partial charge is 0.180 e. The summed E-state index contributed by atoms with van der Waals surface area (Å²) in [6, 6.07) is 6.38. The summed E-state index contributed by atoms with van der Waals surface area (Å²) in [6.45, 7) is 3.91. The van der Waals surface area contributed by atoms with E-state index in [0.717, 1.165) is 36.3 Å². The van der Waals surface area contributed by atoms with E-state index < -0.39 is 0 Å². The Kier molecular flexibility index (Phi) is 2.11. The summed E-state index contributed by atoms with van der Waals surface area (Å²) in [4.78, 5) is 2.20. The van der Waals surface area contributed by atoms with Crippen LogP contribution >= 0.6 is 0 Å².